The molecule has 0 bridgehead atoms. The molecule has 1 aromatic carbocycles. The number of hydrogen-bond acceptors (Lipinski definition) is 4. The van der Waals surface area contributed by atoms with Gasteiger partial charge in [0.1, 0.15) is 6.61 Å². The molecule has 0 aromatic heterocycles. The van der Waals surface area contributed by atoms with Gasteiger partial charge in [0.2, 0.25) is 0 Å². The predicted octanol–water partition coefficient (Wildman–Crippen LogP) is 0.741. The number of nitrogens with one attached hydrogen (secondary N) is 1. The van der Waals surface area contributed by atoms with Gasteiger partial charge in [0, 0.05) is 12.5 Å². The first-order chi connectivity index (χ1) is 8.91. The molecule has 0 saturated carbocycles. The van der Waals surface area contributed by atoms with Crippen molar-refractivity contribution in [3.63, 3.8) is 0 Å². The summed E-state index contributed by atoms with van der Waals surface area (Å²) in [4.78, 5) is 33.5. The van der Waals surface area contributed by atoms with Gasteiger partial charge in [-0.3, -0.25) is 9.59 Å². The molecule has 0 saturated heterocycles. The second kappa shape index (κ2) is 6.53. The van der Waals surface area contributed by atoms with Crippen molar-refractivity contribution in [2.24, 2.45) is 0 Å². The van der Waals surface area contributed by atoms with Crippen molar-refractivity contribution in [1.82, 2.24) is 5.32 Å². The Labute approximate surface area is 110 Å². The van der Waals surface area contributed by atoms with E-state index in [1.807, 2.05) is 0 Å². The quantitative estimate of drug-likeness (QED) is 0.766. The molecule has 0 heterocycles. The standard InChI is InChI=1S/C13H15NO5/c1-8-5-3-4-6-10(8)12(16)14-11(13(17)18)7-19-9(2)15/h3-6,11H,7H2,1-2H3,(H,14,16)(H,17,18)/t11-/m0/s1. The summed E-state index contributed by atoms with van der Waals surface area (Å²) >= 11 is 0. The fraction of sp³-hybridized carbons (Fsp3) is 0.308. The van der Waals surface area contributed by atoms with E-state index >= 15 is 0 Å². The predicted molar refractivity (Wildman–Crippen MR) is 66.7 cm³/mol. The van der Waals surface area contributed by atoms with Crippen molar-refractivity contribution >= 4 is 17.8 Å². The molecule has 0 aliphatic rings. The minimum atomic E-state index is -1.27. The number of ether oxygens (including phenoxy) is 1. The van der Waals surface area contributed by atoms with Gasteiger partial charge in [0.25, 0.3) is 5.91 Å². The van der Waals surface area contributed by atoms with Gasteiger partial charge in [-0.05, 0) is 18.6 Å². The Kier molecular flexibility index (Phi) is 5.05. The number of aryl methyl sites for hydroxylation is 1. The van der Waals surface area contributed by atoms with Crippen LogP contribution in [0.15, 0.2) is 24.3 Å². The van der Waals surface area contributed by atoms with Crippen molar-refractivity contribution < 1.29 is 24.2 Å². The van der Waals surface area contributed by atoms with E-state index in [1.165, 1.54) is 6.92 Å². The van der Waals surface area contributed by atoms with Crippen LogP contribution < -0.4 is 5.32 Å². The Morgan fingerprint density at radius 2 is 1.95 bits per heavy atom. The molecule has 0 radical (unpaired) electrons. The zero-order chi connectivity index (χ0) is 14.4. The van der Waals surface area contributed by atoms with Crippen LogP contribution in [0.5, 0.6) is 0 Å². The Bertz CT molecular complexity index is 498. The lowest BCUT2D eigenvalue weighted by atomic mass is 10.1. The minimum absolute atomic E-state index is 0.386. The largest absolute Gasteiger partial charge is 0.480 e. The molecule has 0 aliphatic heterocycles. The second-order valence-electron chi connectivity index (χ2n) is 3.98. The number of carbonyl (C=O) groups excluding carboxylic acids is 2. The molecule has 1 rings (SSSR count). The number of aliphatic carboxylic acids is 1. The van der Waals surface area contributed by atoms with E-state index in [1.54, 1.807) is 31.2 Å². The van der Waals surface area contributed by atoms with Gasteiger partial charge in [-0.1, -0.05) is 18.2 Å². The van der Waals surface area contributed by atoms with Crippen LogP contribution >= 0.6 is 0 Å². The van der Waals surface area contributed by atoms with E-state index in [0.717, 1.165) is 5.56 Å². The molecule has 19 heavy (non-hydrogen) atoms. The lowest BCUT2D eigenvalue weighted by molar-refractivity contribution is -0.146. The third-order valence-corrected chi connectivity index (χ3v) is 2.45. The molecule has 6 nitrogen and oxygen atoms in total. The summed E-state index contributed by atoms with van der Waals surface area (Å²) in [5.41, 5.74) is 1.12. The molecule has 0 aliphatic carbocycles. The highest BCUT2D eigenvalue weighted by Crippen LogP contribution is 2.07. The summed E-state index contributed by atoms with van der Waals surface area (Å²) in [7, 11) is 0. The Morgan fingerprint density at radius 3 is 2.47 bits per heavy atom. The Balaban J connectivity index is 2.74. The summed E-state index contributed by atoms with van der Waals surface area (Å²) in [6.45, 7) is 2.51. The lowest BCUT2D eigenvalue weighted by Crippen LogP contribution is -2.44. The number of carbonyl (C=O) groups is 3. The van der Waals surface area contributed by atoms with Gasteiger partial charge in [-0.15, -0.1) is 0 Å². The molecule has 1 aromatic rings. The highest BCUT2D eigenvalue weighted by atomic mass is 16.5. The second-order valence-corrected chi connectivity index (χ2v) is 3.98. The van der Waals surface area contributed by atoms with Crippen LogP contribution in [-0.2, 0) is 14.3 Å². The number of carboxylic acids is 1. The summed E-state index contributed by atoms with van der Waals surface area (Å²) in [6.07, 6.45) is 0. The third-order valence-electron chi connectivity index (χ3n) is 2.45. The molecule has 0 unspecified atom stereocenters. The van der Waals surface area contributed by atoms with E-state index in [0.29, 0.717) is 5.56 Å². The summed E-state index contributed by atoms with van der Waals surface area (Å²) in [6, 6.07) is 5.53. The normalized spacial score (nSPS) is 11.5. The summed E-state index contributed by atoms with van der Waals surface area (Å²) in [5, 5.41) is 11.3. The van der Waals surface area contributed by atoms with E-state index in [9.17, 15) is 14.4 Å². The topological polar surface area (TPSA) is 92.7 Å². The van der Waals surface area contributed by atoms with E-state index in [-0.39, 0.29) is 0 Å². The van der Waals surface area contributed by atoms with Gasteiger partial charge < -0.3 is 15.2 Å². The van der Waals surface area contributed by atoms with Crippen LogP contribution in [0.3, 0.4) is 0 Å². The fourth-order valence-corrected chi connectivity index (χ4v) is 1.44. The van der Waals surface area contributed by atoms with Crippen molar-refractivity contribution in [3.05, 3.63) is 35.4 Å². The van der Waals surface area contributed by atoms with Crippen molar-refractivity contribution in [1.29, 1.82) is 0 Å². The van der Waals surface area contributed by atoms with Crippen molar-refractivity contribution in [3.8, 4) is 0 Å². The number of amides is 1. The zero-order valence-electron chi connectivity index (χ0n) is 10.7. The van der Waals surface area contributed by atoms with Gasteiger partial charge in [0.05, 0.1) is 0 Å². The third kappa shape index (κ3) is 4.42. The average Bonchev–Trinajstić information content (AvgIpc) is 2.34. The maximum Gasteiger partial charge on any atom is 0.329 e. The number of benzene rings is 1. The van der Waals surface area contributed by atoms with Gasteiger partial charge in [0.15, 0.2) is 6.04 Å². The summed E-state index contributed by atoms with van der Waals surface area (Å²) in [5.74, 6) is -2.38. The number of esters is 1. The van der Waals surface area contributed by atoms with Crippen LogP contribution in [0.1, 0.15) is 22.8 Å². The van der Waals surface area contributed by atoms with Crippen molar-refractivity contribution in [2.45, 2.75) is 19.9 Å². The first-order valence-corrected chi connectivity index (χ1v) is 5.64. The SMILES string of the molecule is CC(=O)OC[C@H](NC(=O)c1ccccc1C)C(=O)O. The molecule has 1 atom stereocenters. The molecule has 102 valence electrons. The Hall–Kier alpha value is -2.37. The molecular weight excluding hydrogens is 250 g/mol. The molecular formula is C13H15NO5. The first-order valence-electron chi connectivity index (χ1n) is 5.64. The molecule has 0 spiro atoms. The van der Waals surface area contributed by atoms with Gasteiger partial charge >= 0.3 is 11.9 Å². The first kappa shape index (κ1) is 14.7. The van der Waals surface area contributed by atoms with Crippen LogP contribution in [0, 0.1) is 6.92 Å². The highest BCUT2D eigenvalue weighted by molar-refractivity contribution is 5.97. The molecule has 0 fully saturated rings. The lowest BCUT2D eigenvalue weighted by Gasteiger charge is -2.15. The number of hydrogen-bond donors (Lipinski definition) is 2. The highest BCUT2D eigenvalue weighted by Gasteiger charge is 2.22. The van der Waals surface area contributed by atoms with E-state index in [4.69, 9.17) is 5.11 Å². The number of rotatable bonds is 5. The smallest absolute Gasteiger partial charge is 0.329 e. The molecule has 1 amide bonds. The van der Waals surface area contributed by atoms with Crippen molar-refractivity contribution in [2.75, 3.05) is 6.61 Å². The minimum Gasteiger partial charge on any atom is -0.480 e. The molecule has 6 heteroatoms. The summed E-state index contributed by atoms with van der Waals surface area (Å²) < 4.78 is 4.60. The average molecular weight is 265 g/mol. The van der Waals surface area contributed by atoms with Crippen LogP contribution in [-0.4, -0.2) is 35.6 Å². The maximum absolute atomic E-state index is 11.9. The monoisotopic (exact) mass is 265 g/mol. The maximum atomic E-state index is 11.9. The van der Waals surface area contributed by atoms with Gasteiger partial charge in [-0.2, -0.15) is 0 Å². The molecule has 2 N–H and O–H groups in total. The van der Waals surface area contributed by atoms with Gasteiger partial charge in [-0.25, -0.2) is 4.79 Å². The number of carboxylic acid groups (broad SMARTS) is 1. The Morgan fingerprint density at radius 1 is 1.32 bits per heavy atom. The van der Waals surface area contributed by atoms with Crippen LogP contribution in [0.4, 0.5) is 0 Å². The van der Waals surface area contributed by atoms with Crippen LogP contribution in [0.25, 0.3) is 0 Å². The zero-order valence-corrected chi connectivity index (χ0v) is 10.7. The van der Waals surface area contributed by atoms with Crippen LogP contribution in [0.2, 0.25) is 0 Å². The fourth-order valence-electron chi connectivity index (χ4n) is 1.44. The van der Waals surface area contributed by atoms with E-state index < -0.39 is 30.5 Å². The van der Waals surface area contributed by atoms with E-state index in [2.05, 4.69) is 10.1 Å².